The molecule has 0 aromatic carbocycles. The summed E-state index contributed by atoms with van der Waals surface area (Å²) in [5.41, 5.74) is -0.803. The quantitative estimate of drug-likeness (QED) is 0.0351. The topological polar surface area (TPSA) is 120 Å². The zero-order chi connectivity index (χ0) is 44.2. The third kappa shape index (κ3) is 33.6. The second-order valence-corrected chi connectivity index (χ2v) is 27.3. The summed E-state index contributed by atoms with van der Waals surface area (Å²) in [6.45, 7) is 24.5. The summed E-state index contributed by atoms with van der Waals surface area (Å²) in [6, 6.07) is 0. The average Bonchev–Trinajstić information content (AvgIpc) is 3.18. The van der Waals surface area contributed by atoms with E-state index in [1.165, 1.54) is 116 Å². The summed E-state index contributed by atoms with van der Waals surface area (Å²) < 4.78 is 37.2. The van der Waals surface area contributed by atoms with Crippen LogP contribution in [0.1, 0.15) is 276 Å². The molecule has 0 aliphatic heterocycles. The van der Waals surface area contributed by atoms with E-state index in [2.05, 4.69) is 41.5 Å². The molecule has 0 aliphatic rings. The minimum Gasteiger partial charge on any atom is -0.799 e. The fourth-order valence-electron chi connectivity index (χ4n) is 7.58. The van der Waals surface area contributed by atoms with Crippen LogP contribution in [-0.2, 0) is 30.8 Å². The second-order valence-electron chi connectivity index (χ2n) is 18.1. The molecule has 0 saturated heterocycles. The van der Waals surface area contributed by atoms with Crippen LogP contribution in [0, 0.1) is 0 Å². The molecule has 0 rings (SSSR count). The second kappa shape index (κ2) is 42.1. The van der Waals surface area contributed by atoms with Gasteiger partial charge in [0.25, 0.3) is 0 Å². The van der Waals surface area contributed by atoms with Crippen LogP contribution in [0.15, 0.2) is 0 Å². The predicted molar refractivity (Wildman–Crippen MR) is 252 cm³/mol. The van der Waals surface area contributed by atoms with Crippen LogP contribution < -0.4 is 14.7 Å². The zero-order valence-electron chi connectivity index (χ0n) is 40.8. The largest absolute Gasteiger partial charge is 3.00 e. The van der Waals surface area contributed by atoms with E-state index in [0.717, 1.165) is 77.0 Å². The molecule has 0 aromatic rings. The number of hydrogen-bond acceptors (Lipinski definition) is 6. The standard InChI is InChI=1S/3C16H35O2P.Fe/c3*1-5-7-9-11-13-15(3)19(17,18)16(4)14-12-10-8-6-2;/h3*15-16H,5-14H2,1-4H3,(H,17,18);/q;;;+3/p-3. The van der Waals surface area contributed by atoms with E-state index in [0.29, 0.717) is 0 Å². The normalized spacial score (nSPS) is 17.6. The maximum absolute atomic E-state index is 12.4. The molecule has 0 bridgehead atoms. The summed E-state index contributed by atoms with van der Waals surface area (Å²) in [6.07, 6.45) is 33.1. The number of rotatable bonds is 36. The van der Waals surface area contributed by atoms with Crippen molar-refractivity contribution in [2.45, 2.75) is 310 Å². The van der Waals surface area contributed by atoms with Gasteiger partial charge in [-0.15, -0.1) is 0 Å². The van der Waals surface area contributed by atoms with E-state index in [1.54, 1.807) is 0 Å². The minimum atomic E-state index is -3.22. The molecule has 0 aromatic heterocycles. The number of hydrogen-bond donors (Lipinski definition) is 0. The fraction of sp³-hybridized carbons (Fsp3) is 1.00. The van der Waals surface area contributed by atoms with Gasteiger partial charge in [-0.1, -0.05) is 237 Å². The molecule has 0 spiro atoms. The Morgan fingerprint density at radius 1 is 0.276 bits per heavy atom. The Hall–Kier alpha value is 1.09. The van der Waals surface area contributed by atoms with Gasteiger partial charge in [-0.2, -0.15) is 0 Å². The zero-order valence-corrected chi connectivity index (χ0v) is 44.6. The summed E-state index contributed by atoms with van der Waals surface area (Å²) in [5.74, 6) is 0. The Balaban J connectivity index is -0.000000374. The van der Waals surface area contributed by atoms with Gasteiger partial charge in [0.05, 0.1) is 0 Å². The first-order chi connectivity index (χ1) is 26.9. The molecule has 0 aliphatic carbocycles. The van der Waals surface area contributed by atoms with E-state index in [-0.39, 0.29) is 51.0 Å². The van der Waals surface area contributed by atoms with E-state index >= 15 is 0 Å². The summed E-state index contributed by atoms with van der Waals surface area (Å²) in [4.78, 5) is 37.2. The van der Waals surface area contributed by atoms with Gasteiger partial charge in [-0.3, -0.25) is 0 Å². The van der Waals surface area contributed by atoms with Gasteiger partial charge >= 0.3 is 17.1 Å². The van der Waals surface area contributed by atoms with E-state index in [1.807, 2.05) is 41.5 Å². The number of unbranched alkanes of at least 4 members (excludes halogenated alkanes) is 18. The van der Waals surface area contributed by atoms with Gasteiger partial charge in [0.2, 0.25) is 0 Å². The molecule has 0 heterocycles. The van der Waals surface area contributed by atoms with Crippen molar-refractivity contribution in [1.29, 1.82) is 0 Å². The monoisotopic (exact) mass is 924 g/mol. The summed E-state index contributed by atoms with van der Waals surface area (Å²) >= 11 is 0. The molecule has 1 radical (unpaired) electrons. The first-order valence-electron chi connectivity index (χ1n) is 24.8. The third-order valence-corrected chi connectivity index (χ3v) is 21.5. The van der Waals surface area contributed by atoms with E-state index in [4.69, 9.17) is 0 Å². The molecular weight excluding hydrogens is 821 g/mol. The SMILES string of the molecule is CCCCCCC(C)P(=O)([O-])C(C)CCCCCC.CCCCCCC(C)P(=O)([O-])C(C)CCCCCC.CCCCCCC(C)P(=O)([O-])C(C)CCCCCC.[Fe+3]. The average molecular weight is 924 g/mol. The molecule has 353 valence electrons. The maximum atomic E-state index is 12.4. The minimum absolute atomic E-state index is 0. The van der Waals surface area contributed by atoms with Crippen molar-refractivity contribution >= 4 is 22.1 Å². The van der Waals surface area contributed by atoms with Crippen LogP contribution in [0.25, 0.3) is 0 Å². The molecule has 6 atom stereocenters. The van der Waals surface area contributed by atoms with Crippen molar-refractivity contribution in [2.75, 3.05) is 0 Å². The van der Waals surface area contributed by atoms with Gasteiger partial charge in [0, 0.05) is 22.1 Å². The Morgan fingerprint density at radius 3 is 0.500 bits per heavy atom. The first-order valence-corrected chi connectivity index (χ1v) is 30.1. The fourth-order valence-corrected chi connectivity index (χ4v) is 13.4. The van der Waals surface area contributed by atoms with Crippen molar-refractivity contribution in [3.8, 4) is 0 Å². The van der Waals surface area contributed by atoms with Crippen LogP contribution in [0.5, 0.6) is 0 Å². The van der Waals surface area contributed by atoms with Gasteiger partial charge in [0.1, 0.15) is 0 Å². The third-order valence-electron chi connectivity index (χ3n) is 12.5. The first kappa shape index (κ1) is 65.7. The Labute approximate surface area is 375 Å². The summed E-state index contributed by atoms with van der Waals surface area (Å²) in [7, 11) is -9.67. The smallest absolute Gasteiger partial charge is 0.799 e. The molecule has 0 amide bonds. The van der Waals surface area contributed by atoms with Gasteiger partial charge in [-0.05, 0) is 72.5 Å². The molecule has 0 N–H and O–H groups in total. The molecular formula is C48H102FeO6P3. The van der Waals surface area contributed by atoms with E-state index < -0.39 is 22.1 Å². The summed E-state index contributed by atoms with van der Waals surface area (Å²) in [5, 5.41) is 0. The predicted octanol–water partition coefficient (Wildman–Crippen LogP) is 16.0. The molecule has 10 heteroatoms. The van der Waals surface area contributed by atoms with Crippen molar-refractivity contribution in [3.05, 3.63) is 0 Å². The van der Waals surface area contributed by atoms with Crippen LogP contribution >= 0.6 is 22.1 Å². The Bertz CT molecular complexity index is 824. The Morgan fingerprint density at radius 2 is 0.397 bits per heavy atom. The van der Waals surface area contributed by atoms with Crippen molar-refractivity contribution in [3.63, 3.8) is 0 Å². The van der Waals surface area contributed by atoms with E-state index in [9.17, 15) is 28.4 Å². The van der Waals surface area contributed by atoms with Gasteiger partial charge in [0.15, 0.2) is 0 Å². The molecule has 0 fully saturated rings. The maximum Gasteiger partial charge on any atom is 3.00 e. The van der Waals surface area contributed by atoms with Gasteiger partial charge < -0.3 is 28.4 Å². The van der Waals surface area contributed by atoms with Crippen LogP contribution in [0.3, 0.4) is 0 Å². The van der Waals surface area contributed by atoms with Crippen LogP contribution in [0.4, 0.5) is 0 Å². The molecule has 6 nitrogen and oxygen atoms in total. The molecule has 6 unspecified atom stereocenters. The van der Waals surface area contributed by atoms with Crippen LogP contribution in [0.2, 0.25) is 0 Å². The van der Waals surface area contributed by atoms with Crippen LogP contribution in [-0.4, -0.2) is 34.0 Å². The Kier molecular flexibility index (Phi) is 47.6. The molecule has 0 saturated carbocycles. The van der Waals surface area contributed by atoms with Crippen molar-refractivity contribution in [1.82, 2.24) is 0 Å². The van der Waals surface area contributed by atoms with Crippen molar-refractivity contribution in [2.24, 2.45) is 0 Å². The van der Waals surface area contributed by atoms with Gasteiger partial charge in [-0.25, -0.2) is 0 Å². The van der Waals surface area contributed by atoms with Crippen molar-refractivity contribution < 1.29 is 45.4 Å². The molecule has 58 heavy (non-hydrogen) atoms.